The maximum atomic E-state index is 6.33. The van der Waals surface area contributed by atoms with E-state index < -0.39 is 0 Å². The second-order valence-electron chi connectivity index (χ2n) is 12.8. The van der Waals surface area contributed by atoms with E-state index in [4.69, 9.17) is 9.47 Å². The van der Waals surface area contributed by atoms with Gasteiger partial charge in [-0.25, -0.2) is 0 Å². The molecule has 1 aliphatic heterocycles. The molecule has 4 rings (SSSR count). The van der Waals surface area contributed by atoms with Crippen molar-refractivity contribution < 1.29 is 9.47 Å². The van der Waals surface area contributed by atoms with Gasteiger partial charge in [0.25, 0.3) is 0 Å². The number of hydrogen-bond donors (Lipinski definition) is 0. The van der Waals surface area contributed by atoms with Gasteiger partial charge in [-0.05, 0) is 95.5 Å². The van der Waals surface area contributed by atoms with Gasteiger partial charge >= 0.3 is 0 Å². The molecule has 0 bridgehead atoms. The molecule has 0 unspecified atom stereocenters. The van der Waals surface area contributed by atoms with E-state index in [2.05, 4.69) is 106 Å². The van der Waals surface area contributed by atoms with Crippen LogP contribution in [0.15, 0.2) is 36.4 Å². The summed E-state index contributed by atoms with van der Waals surface area (Å²) in [5.41, 5.74) is 13.8. The Morgan fingerprint density at radius 2 is 1.02 bits per heavy atom. The first-order chi connectivity index (χ1) is 19.1. The first-order valence-electron chi connectivity index (χ1n) is 15.8. The summed E-state index contributed by atoms with van der Waals surface area (Å²) in [6.07, 6.45) is 4.41. The van der Waals surface area contributed by atoms with Crippen LogP contribution in [-0.2, 0) is 0 Å². The van der Waals surface area contributed by atoms with Gasteiger partial charge in [-0.3, -0.25) is 0 Å². The van der Waals surface area contributed by atoms with Crippen molar-refractivity contribution >= 4 is 23.1 Å². The lowest BCUT2D eigenvalue weighted by Gasteiger charge is -2.27. The molecule has 0 radical (unpaired) electrons. The monoisotopic (exact) mass is 538 g/mol. The van der Waals surface area contributed by atoms with Crippen molar-refractivity contribution in [2.45, 2.75) is 113 Å². The summed E-state index contributed by atoms with van der Waals surface area (Å²) >= 11 is 0. The summed E-state index contributed by atoms with van der Waals surface area (Å²) in [7, 11) is 0. The average Bonchev–Trinajstić information content (AvgIpc) is 3.19. The Balaban J connectivity index is 2.00. The molecule has 0 saturated carbocycles. The number of hydrogen-bond acceptors (Lipinski definition) is 2. The summed E-state index contributed by atoms with van der Waals surface area (Å²) in [5.74, 6) is 3.40. The third-order valence-corrected chi connectivity index (χ3v) is 8.58. The van der Waals surface area contributed by atoms with Gasteiger partial charge in [0, 0.05) is 0 Å². The standard InChI is InChI=1S/C37H51BO2/c1-11-13-15-39-35-21-31-32-22-36(40-16-14-12-2)27(10)18-34(32)38(33(31)17-26(35)9)37-29(24(5)6)19-28(23(3)4)20-30(37)25(7)8/h17-25H,11-16H2,1-10H3. The van der Waals surface area contributed by atoms with Crippen molar-refractivity contribution in [1.82, 2.24) is 0 Å². The van der Waals surface area contributed by atoms with Crippen LogP contribution in [0.2, 0.25) is 0 Å². The topological polar surface area (TPSA) is 18.5 Å². The van der Waals surface area contributed by atoms with Crippen LogP contribution < -0.4 is 25.9 Å². The summed E-state index contributed by atoms with van der Waals surface area (Å²) < 4.78 is 12.7. The lowest BCUT2D eigenvalue weighted by atomic mass is 9.36. The minimum Gasteiger partial charge on any atom is -0.493 e. The van der Waals surface area contributed by atoms with Crippen LogP contribution in [0.3, 0.4) is 0 Å². The number of rotatable bonds is 12. The molecule has 3 aromatic rings. The van der Waals surface area contributed by atoms with Crippen molar-refractivity contribution in [2.75, 3.05) is 13.2 Å². The van der Waals surface area contributed by atoms with E-state index in [1.165, 1.54) is 55.3 Å². The van der Waals surface area contributed by atoms with Gasteiger partial charge in [-0.15, -0.1) is 0 Å². The van der Waals surface area contributed by atoms with E-state index in [1.54, 1.807) is 0 Å². The van der Waals surface area contributed by atoms with Crippen LogP contribution in [-0.4, -0.2) is 19.9 Å². The first-order valence-corrected chi connectivity index (χ1v) is 15.8. The summed E-state index contributed by atoms with van der Waals surface area (Å²) in [6, 6.07) is 14.5. The molecule has 0 amide bonds. The van der Waals surface area contributed by atoms with E-state index in [9.17, 15) is 0 Å². The molecule has 214 valence electrons. The highest BCUT2D eigenvalue weighted by atomic mass is 16.5. The van der Waals surface area contributed by atoms with E-state index >= 15 is 0 Å². The minimum atomic E-state index is 0.202. The van der Waals surface area contributed by atoms with Crippen LogP contribution in [0.5, 0.6) is 11.5 Å². The molecule has 1 aliphatic rings. The van der Waals surface area contributed by atoms with E-state index in [0.29, 0.717) is 17.8 Å². The maximum Gasteiger partial charge on any atom is 0.243 e. The van der Waals surface area contributed by atoms with Gasteiger partial charge in [-0.2, -0.15) is 0 Å². The highest BCUT2D eigenvalue weighted by Gasteiger charge is 2.38. The zero-order chi connectivity index (χ0) is 29.1. The molecule has 3 aromatic carbocycles. The molecule has 0 saturated heterocycles. The van der Waals surface area contributed by atoms with Gasteiger partial charge in [-0.1, -0.05) is 109 Å². The first kappa shape index (κ1) is 30.3. The molecule has 0 atom stereocenters. The molecule has 0 aromatic heterocycles. The van der Waals surface area contributed by atoms with Crippen LogP contribution in [0, 0.1) is 13.8 Å². The average molecular weight is 539 g/mol. The zero-order valence-corrected chi connectivity index (χ0v) is 26.8. The quantitative estimate of drug-likeness (QED) is 0.133. The summed E-state index contributed by atoms with van der Waals surface area (Å²) in [4.78, 5) is 0. The van der Waals surface area contributed by atoms with Gasteiger partial charge < -0.3 is 9.47 Å². The van der Waals surface area contributed by atoms with Crippen molar-refractivity contribution in [1.29, 1.82) is 0 Å². The van der Waals surface area contributed by atoms with Crippen LogP contribution in [0.1, 0.15) is 127 Å². The fourth-order valence-corrected chi connectivity index (χ4v) is 6.15. The predicted octanol–water partition coefficient (Wildman–Crippen LogP) is 8.53. The molecule has 2 nitrogen and oxygen atoms in total. The molecule has 3 heteroatoms. The van der Waals surface area contributed by atoms with Crippen molar-refractivity contribution in [2.24, 2.45) is 0 Å². The lowest BCUT2D eigenvalue weighted by Crippen LogP contribution is -2.52. The van der Waals surface area contributed by atoms with Crippen LogP contribution in [0.25, 0.3) is 11.1 Å². The van der Waals surface area contributed by atoms with E-state index in [-0.39, 0.29) is 6.71 Å². The van der Waals surface area contributed by atoms with Gasteiger partial charge in [0.05, 0.1) is 13.2 Å². The number of benzene rings is 3. The molecule has 0 fully saturated rings. The zero-order valence-electron chi connectivity index (χ0n) is 26.8. The predicted molar refractivity (Wildman–Crippen MR) is 176 cm³/mol. The smallest absolute Gasteiger partial charge is 0.243 e. The van der Waals surface area contributed by atoms with Crippen LogP contribution >= 0.6 is 0 Å². The molecule has 0 spiro atoms. The van der Waals surface area contributed by atoms with E-state index in [0.717, 1.165) is 50.4 Å². The Kier molecular flexibility index (Phi) is 9.75. The number of fused-ring (bicyclic) bond motifs is 3. The minimum absolute atomic E-state index is 0.202. The molecule has 0 N–H and O–H groups in total. The number of ether oxygens (including phenoxy) is 2. The second-order valence-corrected chi connectivity index (χ2v) is 12.8. The molecular weight excluding hydrogens is 487 g/mol. The fraction of sp³-hybridized carbons (Fsp3) is 0.514. The SMILES string of the molecule is CCCCOc1cc2c(cc1C)B(c1c(C(C)C)cc(C(C)C)cc1C(C)C)c1cc(C)c(OCCCC)cc1-2. The highest BCUT2D eigenvalue weighted by molar-refractivity contribution is 6.99. The molecular formula is C37H51BO2. The third kappa shape index (κ3) is 5.99. The van der Waals surface area contributed by atoms with Crippen molar-refractivity contribution in [3.05, 3.63) is 64.2 Å². The highest BCUT2D eigenvalue weighted by Crippen LogP contribution is 2.35. The number of aryl methyl sites for hydroxylation is 2. The van der Waals surface area contributed by atoms with Crippen molar-refractivity contribution in [3.8, 4) is 22.6 Å². The van der Waals surface area contributed by atoms with Crippen LogP contribution in [0.4, 0.5) is 0 Å². The van der Waals surface area contributed by atoms with Gasteiger partial charge in [0.15, 0.2) is 0 Å². The maximum absolute atomic E-state index is 6.33. The third-order valence-electron chi connectivity index (χ3n) is 8.58. The Bertz CT molecular complexity index is 1240. The number of unbranched alkanes of at least 4 members (excludes halogenated alkanes) is 2. The van der Waals surface area contributed by atoms with Gasteiger partial charge in [0.2, 0.25) is 6.71 Å². The fourth-order valence-electron chi connectivity index (χ4n) is 6.15. The summed E-state index contributed by atoms with van der Waals surface area (Å²) in [6.45, 7) is 24.6. The van der Waals surface area contributed by atoms with E-state index in [1.807, 2.05) is 0 Å². The van der Waals surface area contributed by atoms with Gasteiger partial charge in [0.1, 0.15) is 11.5 Å². The molecule has 40 heavy (non-hydrogen) atoms. The normalized spacial score (nSPS) is 12.5. The Morgan fingerprint density at radius 1 is 0.600 bits per heavy atom. The second kappa shape index (κ2) is 12.9. The Hall–Kier alpha value is -2.68. The Labute approximate surface area is 245 Å². The Morgan fingerprint density at radius 3 is 1.38 bits per heavy atom. The summed E-state index contributed by atoms with van der Waals surface area (Å²) in [5, 5.41) is 0. The lowest BCUT2D eigenvalue weighted by molar-refractivity contribution is 0.307. The largest absolute Gasteiger partial charge is 0.493 e. The molecule has 0 aliphatic carbocycles. The van der Waals surface area contributed by atoms with Crippen molar-refractivity contribution in [3.63, 3.8) is 0 Å². The molecule has 1 heterocycles.